The van der Waals surface area contributed by atoms with Gasteiger partial charge in [0.15, 0.2) is 0 Å². The molecule has 1 saturated heterocycles. The van der Waals surface area contributed by atoms with Gasteiger partial charge in [0.05, 0.1) is 7.11 Å². The average molecular weight is 342 g/mol. The van der Waals surface area contributed by atoms with Crippen molar-refractivity contribution in [2.45, 2.75) is 50.0 Å². The van der Waals surface area contributed by atoms with Crippen LogP contribution in [-0.4, -0.2) is 43.0 Å². The lowest BCUT2D eigenvalue weighted by atomic mass is 9.94. The standard InChI is InChI=1S/C20H26N2O3/c1-25-17-7-3-2-5-15(17)20(10-11-20)13-21-18(23)16-6-4-12-22(16)19(24)14-8-9-14/h2-3,5,7,14,16H,4,6,8-13H2,1H3,(H,21,23). The van der Waals surface area contributed by atoms with Crippen molar-refractivity contribution in [3.8, 4) is 5.75 Å². The van der Waals surface area contributed by atoms with E-state index in [0.29, 0.717) is 6.54 Å². The summed E-state index contributed by atoms with van der Waals surface area (Å²) in [4.78, 5) is 26.9. The molecule has 1 N–H and O–H groups in total. The van der Waals surface area contributed by atoms with E-state index < -0.39 is 0 Å². The molecule has 2 saturated carbocycles. The van der Waals surface area contributed by atoms with E-state index >= 15 is 0 Å². The van der Waals surface area contributed by atoms with Gasteiger partial charge in [-0.3, -0.25) is 9.59 Å². The fourth-order valence-corrected chi connectivity index (χ4v) is 4.02. The third-order valence-corrected chi connectivity index (χ3v) is 5.90. The van der Waals surface area contributed by atoms with Gasteiger partial charge in [-0.1, -0.05) is 18.2 Å². The maximum atomic E-state index is 12.7. The molecule has 0 radical (unpaired) electrons. The number of nitrogens with one attached hydrogen (secondary N) is 1. The summed E-state index contributed by atoms with van der Waals surface area (Å²) in [5.74, 6) is 1.26. The molecule has 1 unspecified atom stereocenters. The highest BCUT2D eigenvalue weighted by molar-refractivity contribution is 5.90. The van der Waals surface area contributed by atoms with Gasteiger partial charge in [0.2, 0.25) is 11.8 Å². The lowest BCUT2D eigenvalue weighted by molar-refractivity contribution is -0.139. The summed E-state index contributed by atoms with van der Waals surface area (Å²) < 4.78 is 5.49. The van der Waals surface area contributed by atoms with Gasteiger partial charge in [-0.2, -0.15) is 0 Å². The molecule has 5 heteroatoms. The van der Waals surface area contributed by atoms with E-state index in [0.717, 1.165) is 50.8 Å². The van der Waals surface area contributed by atoms with E-state index in [1.165, 1.54) is 5.56 Å². The number of amides is 2. The van der Waals surface area contributed by atoms with Crippen molar-refractivity contribution < 1.29 is 14.3 Å². The zero-order valence-corrected chi connectivity index (χ0v) is 14.8. The van der Waals surface area contributed by atoms with Gasteiger partial charge in [-0.25, -0.2) is 0 Å². The molecular formula is C20H26N2O3. The quantitative estimate of drug-likeness (QED) is 0.863. The van der Waals surface area contributed by atoms with Gasteiger partial charge in [0.25, 0.3) is 0 Å². The number of para-hydroxylation sites is 1. The van der Waals surface area contributed by atoms with Gasteiger partial charge in [0, 0.05) is 30.0 Å². The van der Waals surface area contributed by atoms with Gasteiger partial charge < -0.3 is 15.0 Å². The number of rotatable bonds is 6. The Hall–Kier alpha value is -2.04. The van der Waals surface area contributed by atoms with Crippen LogP contribution in [0.5, 0.6) is 5.75 Å². The molecule has 5 nitrogen and oxygen atoms in total. The Morgan fingerprint density at radius 1 is 1.24 bits per heavy atom. The normalized spacial score (nSPS) is 24.0. The highest BCUT2D eigenvalue weighted by Crippen LogP contribution is 2.50. The second kappa shape index (κ2) is 6.36. The van der Waals surface area contributed by atoms with Gasteiger partial charge in [-0.05, 0) is 44.6 Å². The summed E-state index contributed by atoms with van der Waals surface area (Å²) in [6.45, 7) is 1.35. The van der Waals surface area contributed by atoms with Crippen LogP contribution in [0.2, 0.25) is 0 Å². The van der Waals surface area contributed by atoms with Crippen molar-refractivity contribution in [1.82, 2.24) is 10.2 Å². The van der Waals surface area contributed by atoms with Crippen LogP contribution in [0.4, 0.5) is 0 Å². The summed E-state index contributed by atoms with van der Waals surface area (Å²) in [6, 6.07) is 7.78. The first-order valence-corrected chi connectivity index (χ1v) is 9.36. The maximum Gasteiger partial charge on any atom is 0.242 e. The van der Waals surface area contributed by atoms with Crippen LogP contribution < -0.4 is 10.1 Å². The number of ether oxygens (including phenoxy) is 1. The van der Waals surface area contributed by atoms with Gasteiger partial charge >= 0.3 is 0 Å². The molecule has 0 spiro atoms. The lowest BCUT2D eigenvalue weighted by Crippen LogP contribution is -2.48. The smallest absolute Gasteiger partial charge is 0.242 e. The fraction of sp³-hybridized carbons (Fsp3) is 0.600. The zero-order chi connectivity index (χ0) is 17.4. The Morgan fingerprint density at radius 2 is 2.00 bits per heavy atom. The van der Waals surface area contributed by atoms with Crippen LogP contribution in [0.25, 0.3) is 0 Å². The molecule has 1 atom stereocenters. The molecule has 4 rings (SSSR count). The number of likely N-dealkylation sites (tertiary alicyclic amines) is 1. The molecule has 2 amide bonds. The number of benzene rings is 1. The number of methoxy groups -OCH3 is 1. The molecule has 1 aliphatic heterocycles. The molecule has 0 bridgehead atoms. The predicted octanol–water partition coefficient (Wildman–Crippen LogP) is 2.24. The van der Waals surface area contributed by atoms with Crippen LogP contribution in [0.1, 0.15) is 44.1 Å². The third-order valence-electron chi connectivity index (χ3n) is 5.90. The maximum absolute atomic E-state index is 12.7. The van der Waals surface area contributed by atoms with E-state index in [4.69, 9.17) is 4.74 Å². The summed E-state index contributed by atoms with van der Waals surface area (Å²) in [7, 11) is 1.69. The highest BCUT2D eigenvalue weighted by Gasteiger charge is 2.47. The van der Waals surface area contributed by atoms with E-state index in [9.17, 15) is 9.59 Å². The van der Waals surface area contributed by atoms with E-state index in [2.05, 4.69) is 11.4 Å². The molecule has 3 aliphatic rings. The fourth-order valence-electron chi connectivity index (χ4n) is 4.02. The van der Waals surface area contributed by atoms with Crippen LogP contribution >= 0.6 is 0 Å². The predicted molar refractivity (Wildman–Crippen MR) is 94.4 cm³/mol. The zero-order valence-electron chi connectivity index (χ0n) is 14.8. The molecule has 0 aromatic heterocycles. The van der Waals surface area contributed by atoms with Crippen molar-refractivity contribution in [3.05, 3.63) is 29.8 Å². The van der Waals surface area contributed by atoms with Crippen LogP contribution in [0.15, 0.2) is 24.3 Å². The first-order chi connectivity index (χ1) is 12.1. The van der Waals surface area contributed by atoms with Crippen LogP contribution in [-0.2, 0) is 15.0 Å². The number of carbonyl (C=O) groups is 2. The largest absolute Gasteiger partial charge is 0.496 e. The second-order valence-corrected chi connectivity index (χ2v) is 7.66. The molecule has 25 heavy (non-hydrogen) atoms. The topological polar surface area (TPSA) is 58.6 Å². The molecule has 1 aromatic carbocycles. The molecule has 1 aromatic rings. The minimum Gasteiger partial charge on any atom is -0.496 e. The summed E-state index contributed by atoms with van der Waals surface area (Å²) in [6.07, 6.45) is 5.80. The van der Waals surface area contributed by atoms with E-state index in [-0.39, 0.29) is 29.2 Å². The van der Waals surface area contributed by atoms with Crippen molar-refractivity contribution >= 4 is 11.8 Å². The number of hydrogen-bond acceptors (Lipinski definition) is 3. The highest BCUT2D eigenvalue weighted by atomic mass is 16.5. The molecule has 134 valence electrons. The van der Waals surface area contributed by atoms with Gasteiger partial charge in [0.1, 0.15) is 11.8 Å². The molecule has 3 fully saturated rings. The minimum atomic E-state index is -0.276. The molecular weight excluding hydrogens is 316 g/mol. The molecule has 1 heterocycles. The summed E-state index contributed by atoms with van der Waals surface area (Å²) >= 11 is 0. The second-order valence-electron chi connectivity index (χ2n) is 7.66. The Kier molecular flexibility index (Phi) is 4.18. The SMILES string of the molecule is COc1ccccc1C1(CNC(=O)C2CCCN2C(=O)C2CC2)CC1. The number of carbonyl (C=O) groups excluding carboxylic acids is 2. The van der Waals surface area contributed by atoms with E-state index in [1.54, 1.807) is 7.11 Å². The third kappa shape index (κ3) is 3.12. The lowest BCUT2D eigenvalue weighted by Gasteiger charge is -2.25. The summed E-state index contributed by atoms with van der Waals surface area (Å²) in [5.41, 5.74) is 1.17. The van der Waals surface area contributed by atoms with Crippen LogP contribution in [0, 0.1) is 5.92 Å². The van der Waals surface area contributed by atoms with E-state index in [1.807, 2.05) is 23.1 Å². The van der Waals surface area contributed by atoms with Crippen LogP contribution in [0.3, 0.4) is 0 Å². The van der Waals surface area contributed by atoms with Gasteiger partial charge in [-0.15, -0.1) is 0 Å². The summed E-state index contributed by atoms with van der Waals surface area (Å²) in [5, 5.41) is 3.13. The Morgan fingerprint density at radius 3 is 2.68 bits per heavy atom. The first kappa shape index (κ1) is 16.4. The molecule has 2 aliphatic carbocycles. The Labute approximate surface area is 148 Å². The Balaban J connectivity index is 1.40. The Bertz CT molecular complexity index is 679. The van der Waals surface area contributed by atoms with Crippen molar-refractivity contribution in [3.63, 3.8) is 0 Å². The number of nitrogens with zero attached hydrogens (tertiary/aromatic N) is 1. The minimum absolute atomic E-state index is 0.00710. The monoisotopic (exact) mass is 342 g/mol. The first-order valence-electron chi connectivity index (χ1n) is 9.36. The van der Waals surface area contributed by atoms with Crippen molar-refractivity contribution in [1.29, 1.82) is 0 Å². The van der Waals surface area contributed by atoms with Crippen molar-refractivity contribution in [2.24, 2.45) is 5.92 Å². The average Bonchev–Trinajstić information content (AvgIpc) is 3.57. The number of hydrogen-bond donors (Lipinski definition) is 1. The van der Waals surface area contributed by atoms with Crippen molar-refractivity contribution in [2.75, 3.05) is 20.2 Å².